The minimum atomic E-state index is -0.197. The average molecular weight is 390 g/mol. The topological polar surface area (TPSA) is 55.4 Å². The maximum Gasteiger partial charge on any atom is 0.282 e. The van der Waals surface area contributed by atoms with Gasteiger partial charge < -0.3 is 4.90 Å². The summed E-state index contributed by atoms with van der Waals surface area (Å²) in [5.74, 6) is 1.54. The molecule has 6 nitrogen and oxygen atoms in total. The standard InChI is InChI=1S/C17H20BrN5O/c1-2-3-10-22-16-19-15(24)13-11-12(18)6-7-14(13)23(16)17(20-22)21-8-4-5-9-21/h6-7,11H,2-5,8-10H2,1H3. The summed E-state index contributed by atoms with van der Waals surface area (Å²) < 4.78 is 4.82. The summed E-state index contributed by atoms with van der Waals surface area (Å²) in [7, 11) is 0. The highest BCUT2D eigenvalue weighted by Crippen LogP contribution is 2.25. The Bertz CT molecular complexity index is 955. The number of hydrogen-bond donors (Lipinski definition) is 0. The van der Waals surface area contributed by atoms with Gasteiger partial charge in [-0.3, -0.25) is 4.79 Å². The molecule has 1 saturated heterocycles. The highest BCUT2D eigenvalue weighted by Gasteiger charge is 2.22. The monoisotopic (exact) mass is 389 g/mol. The molecule has 3 heterocycles. The molecule has 0 N–H and O–H groups in total. The Balaban J connectivity index is 2.03. The second-order valence-corrected chi connectivity index (χ2v) is 7.20. The van der Waals surface area contributed by atoms with Crippen LogP contribution in [0.2, 0.25) is 0 Å². The summed E-state index contributed by atoms with van der Waals surface area (Å²) >= 11 is 3.45. The maximum absolute atomic E-state index is 12.5. The lowest BCUT2D eigenvalue weighted by Crippen LogP contribution is -2.21. The van der Waals surface area contributed by atoms with Crippen LogP contribution in [0.1, 0.15) is 32.6 Å². The predicted octanol–water partition coefficient (Wildman–Crippen LogP) is 3.21. The quantitative estimate of drug-likeness (QED) is 0.687. The Labute approximate surface area is 148 Å². The highest BCUT2D eigenvalue weighted by atomic mass is 79.9. The highest BCUT2D eigenvalue weighted by molar-refractivity contribution is 9.10. The molecule has 0 radical (unpaired) electrons. The zero-order valence-corrected chi connectivity index (χ0v) is 15.3. The van der Waals surface area contributed by atoms with Gasteiger partial charge >= 0.3 is 0 Å². The lowest BCUT2D eigenvalue weighted by molar-refractivity contribution is 0.582. The van der Waals surface area contributed by atoms with Gasteiger partial charge in [-0.15, -0.1) is 5.10 Å². The van der Waals surface area contributed by atoms with Crippen LogP contribution >= 0.6 is 15.9 Å². The number of aryl methyl sites for hydroxylation is 1. The van der Waals surface area contributed by atoms with Crippen molar-refractivity contribution in [3.63, 3.8) is 0 Å². The normalized spacial score (nSPS) is 15.0. The Morgan fingerprint density at radius 2 is 2.04 bits per heavy atom. The van der Waals surface area contributed by atoms with Crippen molar-refractivity contribution in [3.05, 3.63) is 33.0 Å². The number of aromatic nitrogens is 4. The van der Waals surface area contributed by atoms with Gasteiger partial charge in [0.05, 0.1) is 10.9 Å². The van der Waals surface area contributed by atoms with E-state index in [2.05, 4.69) is 32.7 Å². The molecule has 4 rings (SSSR count). The van der Waals surface area contributed by atoms with Gasteiger partial charge in [0, 0.05) is 24.1 Å². The van der Waals surface area contributed by atoms with E-state index in [0.29, 0.717) is 11.2 Å². The zero-order chi connectivity index (χ0) is 16.7. The third-order valence-electron chi connectivity index (χ3n) is 4.58. The van der Waals surface area contributed by atoms with E-state index in [1.165, 1.54) is 12.8 Å². The third kappa shape index (κ3) is 2.51. The van der Waals surface area contributed by atoms with Crippen molar-refractivity contribution in [1.82, 2.24) is 19.2 Å². The summed E-state index contributed by atoms with van der Waals surface area (Å²) in [5.41, 5.74) is 0.676. The second-order valence-electron chi connectivity index (χ2n) is 6.28. The molecule has 1 aliphatic rings. The molecular weight excluding hydrogens is 370 g/mol. The first-order valence-electron chi connectivity index (χ1n) is 8.53. The minimum Gasteiger partial charge on any atom is -0.341 e. The van der Waals surface area contributed by atoms with E-state index < -0.39 is 0 Å². The number of rotatable bonds is 4. The Hall–Kier alpha value is -1.89. The third-order valence-corrected chi connectivity index (χ3v) is 5.08. The van der Waals surface area contributed by atoms with E-state index in [1.807, 2.05) is 27.3 Å². The van der Waals surface area contributed by atoms with E-state index in [-0.39, 0.29) is 5.56 Å². The van der Waals surface area contributed by atoms with Gasteiger partial charge in [0.25, 0.3) is 5.56 Å². The first-order chi connectivity index (χ1) is 11.7. The van der Waals surface area contributed by atoms with E-state index in [1.54, 1.807) is 0 Å². The van der Waals surface area contributed by atoms with Crippen molar-refractivity contribution in [2.24, 2.45) is 0 Å². The van der Waals surface area contributed by atoms with Crippen LogP contribution < -0.4 is 10.5 Å². The van der Waals surface area contributed by atoms with E-state index in [4.69, 9.17) is 5.10 Å². The molecule has 1 aromatic carbocycles. The van der Waals surface area contributed by atoms with Crippen LogP contribution in [-0.2, 0) is 6.54 Å². The van der Waals surface area contributed by atoms with Crippen molar-refractivity contribution < 1.29 is 0 Å². The molecule has 2 aromatic heterocycles. The number of fused-ring (bicyclic) bond motifs is 3. The zero-order valence-electron chi connectivity index (χ0n) is 13.7. The molecule has 0 atom stereocenters. The first-order valence-corrected chi connectivity index (χ1v) is 9.32. The van der Waals surface area contributed by atoms with Crippen molar-refractivity contribution in [2.75, 3.05) is 18.0 Å². The Kier molecular flexibility index (Phi) is 4.04. The maximum atomic E-state index is 12.5. The van der Waals surface area contributed by atoms with Crippen molar-refractivity contribution in [2.45, 2.75) is 39.2 Å². The molecule has 0 aliphatic carbocycles. The summed E-state index contributed by atoms with van der Waals surface area (Å²) in [6.07, 6.45) is 4.46. The smallest absolute Gasteiger partial charge is 0.282 e. The molecule has 0 bridgehead atoms. The summed E-state index contributed by atoms with van der Waals surface area (Å²) in [6, 6.07) is 5.78. The number of halogens is 1. The van der Waals surface area contributed by atoms with Gasteiger partial charge in [0.2, 0.25) is 11.7 Å². The largest absolute Gasteiger partial charge is 0.341 e. The SMILES string of the molecule is CCCCn1nc(N2CCCC2)n2c3ccc(Br)cc3c(=O)nc12. The lowest BCUT2D eigenvalue weighted by Gasteiger charge is -2.15. The second kappa shape index (κ2) is 6.20. The summed E-state index contributed by atoms with van der Waals surface area (Å²) in [6.45, 7) is 4.94. The molecule has 1 fully saturated rings. The summed E-state index contributed by atoms with van der Waals surface area (Å²) in [5, 5.41) is 5.44. The van der Waals surface area contributed by atoms with E-state index >= 15 is 0 Å². The minimum absolute atomic E-state index is 0.197. The predicted molar refractivity (Wildman–Crippen MR) is 98.8 cm³/mol. The van der Waals surface area contributed by atoms with Crippen LogP contribution in [0, 0.1) is 0 Å². The molecule has 0 spiro atoms. The van der Waals surface area contributed by atoms with Gasteiger partial charge in [0.15, 0.2) is 0 Å². The molecule has 1 aliphatic heterocycles. The van der Waals surface area contributed by atoms with Gasteiger partial charge in [-0.2, -0.15) is 4.98 Å². The lowest BCUT2D eigenvalue weighted by atomic mass is 10.2. The molecule has 3 aromatic rings. The fraction of sp³-hybridized carbons (Fsp3) is 0.471. The fourth-order valence-corrected chi connectivity index (χ4v) is 3.69. The van der Waals surface area contributed by atoms with Crippen molar-refractivity contribution in [1.29, 1.82) is 0 Å². The number of nitrogens with zero attached hydrogens (tertiary/aromatic N) is 5. The Morgan fingerprint density at radius 1 is 1.25 bits per heavy atom. The number of anilines is 1. The van der Waals surface area contributed by atoms with Gasteiger partial charge in [0.1, 0.15) is 0 Å². The molecule has 7 heteroatoms. The molecule has 126 valence electrons. The van der Waals surface area contributed by atoms with Gasteiger partial charge in [-0.25, -0.2) is 9.08 Å². The molecule has 0 amide bonds. The number of unbranched alkanes of at least 4 members (excludes halogenated alkanes) is 1. The van der Waals surface area contributed by atoms with Crippen LogP contribution in [0.25, 0.3) is 16.7 Å². The van der Waals surface area contributed by atoms with Gasteiger partial charge in [-0.1, -0.05) is 29.3 Å². The van der Waals surface area contributed by atoms with Crippen molar-refractivity contribution in [3.8, 4) is 0 Å². The Morgan fingerprint density at radius 3 is 2.79 bits per heavy atom. The average Bonchev–Trinajstić information content (AvgIpc) is 3.21. The van der Waals surface area contributed by atoms with Crippen molar-refractivity contribution >= 4 is 38.6 Å². The van der Waals surface area contributed by atoms with Crippen LogP contribution in [0.3, 0.4) is 0 Å². The molecule has 0 unspecified atom stereocenters. The van der Waals surface area contributed by atoms with Crippen LogP contribution in [0.5, 0.6) is 0 Å². The molecular formula is C17H20BrN5O. The van der Waals surface area contributed by atoms with Crippen LogP contribution in [0.15, 0.2) is 27.5 Å². The first kappa shape index (κ1) is 15.6. The van der Waals surface area contributed by atoms with Crippen LogP contribution in [0.4, 0.5) is 5.95 Å². The van der Waals surface area contributed by atoms with E-state index in [9.17, 15) is 4.79 Å². The van der Waals surface area contributed by atoms with Gasteiger partial charge in [-0.05, 0) is 37.5 Å². The molecule has 0 saturated carbocycles. The van der Waals surface area contributed by atoms with E-state index in [0.717, 1.165) is 48.4 Å². The molecule has 24 heavy (non-hydrogen) atoms. The van der Waals surface area contributed by atoms with Crippen LogP contribution in [-0.4, -0.2) is 32.3 Å². The number of hydrogen-bond acceptors (Lipinski definition) is 4. The number of benzene rings is 1. The summed E-state index contributed by atoms with van der Waals surface area (Å²) in [4.78, 5) is 19.1. The fourth-order valence-electron chi connectivity index (χ4n) is 3.33.